The van der Waals surface area contributed by atoms with Crippen molar-refractivity contribution in [3.8, 4) is 0 Å². The molecule has 0 bridgehead atoms. The zero-order valence-electron chi connectivity index (χ0n) is 8.09. The predicted molar refractivity (Wildman–Crippen MR) is 57.8 cm³/mol. The Morgan fingerprint density at radius 1 is 1.33 bits per heavy atom. The van der Waals surface area contributed by atoms with Crippen LogP contribution in [0.4, 0.5) is 11.4 Å². The number of aliphatic hydroxyl groups excluding tert-OH is 1. The molecule has 0 fully saturated rings. The molecule has 2 N–H and O–H groups in total. The van der Waals surface area contributed by atoms with E-state index in [1.165, 1.54) is 12.1 Å². The molecule has 0 radical (unpaired) electrons. The molecule has 0 aliphatic carbocycles. The summed E-state index contributed by atoms with van der Waals surface area (Å²) in [5, 5.41) is 21.9. The highest BCUT2D eigenvalue weighted by Crippen LogP contribution is 2.14. The zero-order chi connectivity index (χ0) is 11.1. The van der Waals surface area contributed by atoms with Crippen molar-refractivity contribution in [1.29, 1.82) is 0 Å². The van der Waals surface area contributed by atoms with Gasteiger partial charge in [0.2, 0.25) is 0 Å². The van der Waals surface area contributed by atoms with E-state index < -0.39 is 4.92 Å². The Bertz CT molecular complexity index is 346. The van der Waals surface area contributed by atoms with E-state index in [-0.39, 0.29) is 12.3 Å². The molecule has 0 aliphatic heterocycles. The summed E-state index contributed by atoms with van der Waals surface area (Å²) >= 11 is 0. The van der Waals surface area contributed by atoms with E-state index in [0.29, 0.717) is 6.54 Å². The number of benzene rings is 1. The lowest BCUT2D eigenvalue weighted by Crippen LogP contribution is -1.98. The number of hydrogen-bond donors (Lipinski definition) is 2. The molecule has 1 aromatic rings. The second-order valence-corrected chi connectivity index (χ2v) is 2.84. The van der Waals surface area contributed by atoms with Crippen molar-refractivity contribution in [3.63, 3.8) is 0 Å². The molecule has 0 unspecified atom stereocenters. The summed E-state index contributed by atoms with van der Waals surface area (Å²) in [6.45, 7) is 0.598. The second-order valence-electron chi connectivity index (χ2n) is 2.84. The lowest BCUT2D eigenvalue weighted by atomic mass is 10.3. The number of anilines is 1. The van der Waals surface area contributed by atoms with Gasteiger partial charge in [-0.3, -0.25) is 10.1 Å². The maximum absolute atomic E-state index is 10.4. The van der Waals surface area contributed by atoms with Crippen LogP contribution in [-0.2, 0) is 0 Å². The van der Waals surface area contributed by atoms with Gasteiger partial charge in [0.1, 0.15) is 0 Å². The van der Waals surface area contributed by atoms with Gasteiger partial charge in [-0.25, -0.2) is 0 Å². The van der Waals surface area contributed by atoms with Crippen LogP contribution < -0.4 is 5.32 Å². The summed E-state index contributed by atoms with van der Waals surface area (Å²) in [4.78, 5) is 9.92. The third-order valence-electron chi connectivity index (χ3n) is 1.77. The molecule has 80 valence electrons. The van der Waals surface area contributed by atoms with Crippen molar-refractivity contribution in [2.45, 2.75) is 0 Å². The highest BCUT2D eigenvalue weighted by molar-refractivity contribution is 5.48. The third-order valence-corrected chi connectivity index (χ3v) is 1.77. The van der Waals surface area contributed by atoms with Crippen molar-refractivity contribution < 1.29 is 10.0 Å². The molecule has 1 aromatic carbocycles. The molecule has 0 aliphatic rings. The SMILES string of the molecule is O=[N+]([O-])c1ccc(NC/C=C/CO)cc1. The number of nitro benzene ring substituents is 1. The molecule has 0 heterocycles. The number of nitrogens with one attached hydrogen (secondary N) is 1. The Balaban J connectivity index is 2.50. The molecular weight excluding hydrogens is 196 g/mol. The Hall–Kier alpha value is -1.88. The molecule has 1 rings (SSSR count). The fraction of sp³-hybridized carbons (Fsp3) is 0.200. The summed E-state index contributed by atoms with van der Waals surface area (Å²) < 4.78 is 0. The summed E-state index contributed by atoms with van der Waals surface area (Å²) in [6.07, 6.45) is 3.40. The van der Waals surface area contributed by atoms with Crippen LogP contribution in [0, 0.1) is 10.1 Å². The van der Waals surface area contributed by atoms with Gasteiger partial charge in [-0.2, -0.15) is 0 Å². The van der Waals surface area contributed by atoms with Gasteiger partial charge in [0.05, 0.1) is 11.5 Å². The fourth-order valence-electron chi connectivity index (χ4n) is 1.04. The summed E-state index contributed by atoms with van der Waals surface area (Å²) in [5.41, 5.74) is 0.884. The normalized spacial score (nSPS) is 10.5. The minimum Gasteiger partial charge on any atom is -0.392 e. The topological polar surface area (TPSA) is 75.4 Å². The van der Waals surface area contributed by atoms with Gasteiger partial charge < -0.3 is 10.4 Å². The van der Waals surface area contributed by atoms with Gasteiger partial charge in [0.15, 0.2) is 0 Å². The highest BCUT2D eigenvalue weighted by Gasteiger charge is 2.02. The van der Waals surface area contributed by atoms with E-state index >= 15 is 0 Å². The molecule has 0 saturated carbocycles. The number of aliphatic hydroxyl groups is 1. The van der Waals surface area contributed by atoms with Crippen LogP contribution >= 0.6 is 0 Å². The van der Waals surface area contributed by atoms with Gasteiger partial charge in [-0.1, -0.05) is 12.2 Å². The monoisotopic (exact) mass is 208 g/mol. The maximum Gasteiger partial charge on any atom is 0.269 e. The summed E-state index contributed by atoms with van der Waals surface area (Å²) in [7, 11) is 0. The second kappa shape index (κ2) is 5.77. The lowest BCUT2D eigenvalue weighted by molar-refractivity contribution is -0.384. The zero-order valence-corrected chi connectivity index (χ0v) is 8.09. The molecule has 5 nitrogen and oxygen atoms in total. The van der Waals surface area contributed by atoms with Crippen LogP contribution in [0.15, 0.2) is 36.4 Å². The smallest absolute Gasteiger partial charge is 0.269 e. The van der Waals surface area contributed by atoms with E-state index in [9.17, 15) is 10.1 Å². The van der Waals surface area contributed by atoms with Gasteiger partial charge in [-0.15, -0.1) is 0 Å². The van der Waals surface area contributed by atoms with E-state index in [1.54, 1.807) is 24.3 Å². The molecule has 0 atom stereocenters. The average molecular weight is 208 g/mol. The standard InChI is InChI=1S/C10H12N2O3/c13-8-2-1-7-11-9-3-5-10(6-4-9)12(14)15/h1-6,11,13H,7-8H2/b2-1+. The Kier molecular flexibility index (Phi) is 4.30. The van der Waals surface area contributed by atoms with Crippen molar-refractivity contribution in [1.82, 2.24) is 0 Å². The average Bonchev–Trinajstić information content (AvgIpc) is 2.25. The van der Waals surface area contributed by atoms with Crippen molar-refractivity contribution in [3.05, 3.63) is 46.5 Å². The largest absolute Gasteiger partial charge is 0.392 e. The first-order valence-electron chi connectivity index (χ1n) is 4.48. The Morgan fingerprint density at radius 2 is 2.00 bits per heavy atom. The van der Waals surface area contributed by atoms with Crippen molar-refractivity contribution in [2.75, 3.05) is 18.5 Å². The number of nitrogens with zero attached hydrogens (tertiary/aromatic N) is 1. The van der Waals surface area contributed by atoms with Gasteiger partial charge in [0, 0.05) is 24.4 Å². The minimum atomic E-state index is -0.435. The minimum absolute atomic E-state index is 0.0158. The fourth-order valence-corrected chi connectivity index (χ4v) is 1.04. The molecule has 15 heavy (non-hydrogen) atoms. The van der Waals surface area contributed by atoms with Gasteiger partial charge >= 0.3 is 0 Å². The molecule has 0 aromatic heterocycles. The van der Waals surface area contributed by atoms with E-state index in [1.807, 2.05) is 0 Å². The quantitative estimate of drug-likeness (QED) is 0.437. The Morgan fingerprint density at radius 3 is 2.53 bits per heavy atom. The molecule has 0 spiro atoms. The van der Waals surface area contributed by atoms with Crippen molar-refractivity contribution >= 4 is 11.4 Å². The van der Waals surface area contributed by atoms with Gasteiger partial charge in [-0.05, 0) is 12.1 Å². The summed E-state index contributed by atoms with van der Waals surface area (Å²) in [6, 6.07) is 6.17. The molecule has 5 heteroatoms. The van der Waals surface area contributed by atoms with Crippen LogP contribution in [0.3, 0.4) is 0 Å². The first-order valence-corrected chi connectivity index (χ1v) is 4.48. The number of non-ortho nitro benzene ring substituents is 1. The first kappa shape index (κ1) is 11.2. The number of hydrogen-bond acceptors (Lipinski definition) is 4. The van der Waals surface area contributed by atoms with Crippen LogP contribution in [0.5, 0.6) is 0 Å². The lowest BCUT2D eigenvalue weighted by Gasteiger charge is -2.01. The van der Waals surface area contributed by atoms with Crippen LogP contribution in [0.25, 0.3) is 0 Å². The van der Waals surface area contributed by atoms with Crippen LogP contribution in [-0.4, -0.2) is 23.2 Å². The molecular formula is C10H12N2O3. The maximum atomic E-state index is 10.4. The van der Waals surface area contributed by atoms with Crippen molar-refractivity contribution in [2.24, 2.45) is 0 Å². The number of nitro groups is 1. The Labute approximate surface area is 87.2 Å². The summed E-state index contributed by atoms with van der Waals surface area (Å²) in [5.74, 6) is 0. The van der Waals surface area contributed by atoms with Crippen LogP contribution in [0.1, 0.15) is 0 Å². The van der Waals surface area contributed by atoms with E-state index in [0.717, 1.165) is 5.69 Å². The first-order chi connectivity index (χ1) is 7.24. The third kappa shape index (κ3) is 3.78. The van der Waals surface area contributed by atoms with Gasteiger partial charge in [0.25, 0.3) is 5.69 Å². The van der Waals surface area contributed by atoms with E-state index in [4.69, 9.17) is 5.11 Å². The van der Waals surface area contributed by atoms with E-state index in [2.05, 4.69) is 5.32 Å². The molecule has 0 amide bonds. The predicted octanol–water partition coefficient (Wildman–Crippen LogP) is 1.56. The number of rotatable bonds is 5. The highest BCUT2D eigenvalue weighted by atomic mass is 16.6. The van der Waals surface area contributed by atoms with Crippen LogP contribution in [0.2, 0.25) is 0 Å². The molecule has 0 saturated heterocycles.